The Morgan fingerprint density at radius 2 is 1.77 bits per heavy atom. The number of aromatic nitrogens is 4. The standard InChI is InChI=1S/C30H39N7O2/c1-4-35-11-13-36(14-12-35)24-15-22(16-24)21-9-10-26(31-17-21)33-30-32-18-25-19(2)27(20(3)38)29(39)37(28(25)34-30)23-7-5-6-8-23/h9-10,17-18,22-24H,4-8,11-16H2,1-3H3,(H,31,32,33,34). The van der Waals surface area contributed by atoms with Crippen molar-refractivity contribution in [3.63, 3.8) is 0 Å². The van der Waals surface area contributed by atoms with Gasteiger partial charge < -0.3 is 10.2 Å². The summed E-state index contributed by atoms with van der Waals surface area (Å²) in [6.07, 6.45) is 10.1. The van der Waals surface area contributed by atoms with Crippen LogP contribution in [-0.4, -0.2) is 73.9 Å². The van der Waals surface area contributed by atoms with E-state index in [1.807, 2.05) is 19.2 Å². The number of hydrogen-bond donors (Lipinski definition) is 1. The molecule has 3 aliphatic rings. The molecular formula is C30H39N7O2. The minimum Gasteiger partial charge on any atom is -0.309 e. The number of ketones is 1. The maximum atomic E-state index is 13.4. The number of pyridine rings is 2. The molecule has 0 bridgehead atoms. The van der Waals surface area contributed by atoms with Gasteiger partial charge in [0.15, 0.2) is 5.78 Å². The minimum absolute atomic E-state index is 0.0562. The molecule has 1 saturated heterocycles. The van der Waals surface area contributed by atoms with E-state index in [9.17, 15) is 9.59 Å². The van der Waals surface area contributed by atoms with Gasteiger partial charge in [0, 0.05) is 56.0 Å². The van der Waals surface area contributed by atoms with Gasteiger partial charge in [0.05, 0.1) is 5.56 Å². The molecule has 0 spiro atoms. The van der Waals surface area contributed by atoms with Gasteiger partial charge in [-0.2, -0.15) is 4.98 Å². The van der Waals surface area contributed by atoms with Gasteiger partial charge in [-0.15, -0.1) is 0 Å². The van der Waals surface area contributed by atoms with Crippen LogP contribution in [0.1, 0.15) is 85.8 Å². The Labute approximate surface area is 229 Å². The summed E-state index contributed by atoms with van der Waals surface area (Å²) in [6.45, 7) is 11.4. The highest BCUT2D eigenvalue weighted by Gasteiger charge is 2.35. The minimum atomic E-state index is -0.238. The predicted octanol–water partition coefficient (Wildman–Crippen LogP) is 4.44. The summed E-state index contributed by atoms with van der Waals surface area (Å²) in [4.78, 5) is 44.9. The van der Waals surface area contributed by atoms with Crippen molar-refractivity contribution in [2.45, 2.75) is 77.3 Å². The second kappa shape index (κ2) is 10.8. The second-order valence-corrected chi connectivity index (χ2v) is 11.5. The van der Waals surface area contributed by atoms with Gasteiger partial charge in [0.2, 0.25) is 5.95 Å². The summed E-state index contributed by atoms with van der Waals surface area (Å²) in [5, 5.41) is 3.98. The highest BCUT2D eigenvalue weighted by Crippen LogP contribution is 2.40. The quantitative estimate of drug-likeness (QED) is 0.449. The van der Waals surface area contributed by atoms with Crippen molar-refractivity contribution >= 4 is 28.6 Å². The van der Waals surface area contributed by atoms with Crippen molar-refractivity contribution in [3.05, 3.63) is 51.6 Å². The number of anilines is 2. The van der Waals surface area contributed by atoms with Gasteiger partial charge in [0.1, 0.15) is 11.5 Å². The highest BCUT2D eigenvalue weighted by molar-refractivity contribution is 5.99. The first-order valence-corrected chi connectivity index (χ1v) is 14.5. The lowest BCUT2D eigenvalue weighted by Crippen LogP contribution is -2.53. The second-order valence-electron chi connectivity index (χ2n) is 11.5. The zero-order valence-corrected chi connectivity index (χ0v) is 23.3. The molecule has 9 heteroatoms. The maximum absolute atomic E-state index is 13.4. The molecule has 3 aromatic rings. The van der Waals surface area contributed by atoms with Crippen LogP contribution in [0, 0.1) is 6.92 Å². The molecular weight excluding hydrogens is 490 g/mol. The summed E-state index contributed by atoms with van der Waals surface area (Å²) in [5.41, 5.74) is 2.53. The van der Waals surface area contributed by atoms with Crippen molar-refractivity contribution in [1.29, 1.82) is 0 Å². The van der Waals surface area contributed by atoms with Crippen LogP contribution in [0.4, 0.5) is 11.8 Å². The van der Waals surface area contributed by atoms with Crippen LogP contribution in [-0.2, 0) is 0 Å². The molecule has 39 heavy (non-hydrogen) atoms. The number of hydrogen-bond acceptors (Lipinski definition) is 8. The SMILES string of the molecule is CCN1CCN(C2CC(c3ccc(Nc4ncc5c(C)c(C(C)=O)c(=O)n(C6CCCC6)c5n4)nc3)C2)CC1. The number of piperazine rings is 1. The van der Waals surface area contributed by atoms with E-state index in [4.69, 9.17) is 4.98 Å². The molecule has 3 aromatic heterocycles. The van der Waals surface area contributed by atoms with Crippen LogP contribution in [0.3, 0.4) is 0 Å². The molecule has 1 aliphatic heterocycles. The number of rotatable bonds is 7. The molecule has 6 rings (SSSR count). The Morgan fingerprint density at radius 3 is 2.41 bits per heavy atom. The lowest BCUT2D eigenvalue weighted by Gasteiger charge is -2.46. The fourth-order valence-electron chi connectivity index (χ4n) is 6.75. The number of nitrogens with one attached hydrogen (secondary N) is 1. The summed E-state index contributed by atoms with van der Waals surface area (Å²) >= 11 is 0. The molecule has 2 saturated carbocycles. The van der Waals surface area contributed by atoms with Gasteiger partial charge in [-0.3, -0.25) is 19.1 Å². The topological polar surface area (TPSA) is 96.2 Å². The van der Waals surface area contributed by atoms with E-state index in [-0.39, 0.29) is 22.9 Å². The van der Waals surface area contributed by atoms with E-state index < -0.39 is 0 Å². The molecule has 2 aliphatic carbocycles. The summed E-state index contributed by atoms with van der Waals surface area (Å²) in [7, 11) is 0. The third kappa shape index (κ3) is 4.98. The van der Waals surface area contributed by atoms with Crippen molar-refractivity contribution < 1.29 is 4.79 Å². The van der Waals surface area contributed by atoms with Crippen LogP contribution in [0.15, 0.2) is 29.3 Å². The highest BCUT2D eigenvalue weighted by atomic mass is 16.1. The number of fused-ring (bicyclic) bond motifs is 1. The van der Waals surface area contributed by atoms with Crippen LogP contribution in [0.2, 0.25) is 0 Å². The van der Waals surface area contributed by atoms with Crippen LogP contribution in [0.25, 0.3) is 11.0 Å². The third-order valence-corrected chi connectivity index (χ3v) is 9.23. The summed E-state index contributed by atoms with van der Waals surface area (Å²) < 4.78 is 1.74. The number of nitrogens with zero attached hydrogens (tertiary/aromatic N) is 6. The molecule has 3 fully saturated rings. The van der Waals surface area contributed by atoms with E-state index in [1.165, 1.54) is 51.5 Å². The van der Waals surface area contributed by atoms with Crippen molar-refractivity contribution in [2.24, 2.45) is 0 Å². The molecule has 206 valence electrons. The predicted molar refractivity (Wildman–Crippen MR) is 153 cm³/mol. The largest absolute Gasteiger partial charge is 0.309 e. The summed E-state index contributed by atoms with van der Waals surface area (Å²) in [6, 6.07) is 4.90. The number of carbonyl (C=O) groups is 1. The zero-order chi connectivity index (χ0) is 27.1. The molecule has 0 radical (unpaired) electrons. The molecule has 1 N–H and O–H groups in total. The number of carbonyl (C=O) groups excluding carboxylic acids is 1. The lowest BCUT2D eigenvalue weighted by molar-refractivity contribution is 0.0533. The first-order valence-electron chi connectivity index (χ1n) is 14.5. The van der Waals surface area contributed by atoms with Gasteiger partial charge in [0.25, 0.3) is 5.56 Å². The molecule has 0 atom stereocenters. The average molecular weight is 530 g/mol. The van der Waals surface area contributed by atoms with Gasteiger partial charge in [-0.25, -0.2) is 9.97 Å². The van der Waals surface area contributed by atoms with Crippen molar-refractivity contribution in [1.82, 2.24) is 29.3 Å². The van der Waals surface area contributed by atoms with E-state index in [0.717, 1.165) is 37.6 Å². The normalized spacial score (nSPS) is 22.7. The Morgan fingerprint density at radius 1 is 1.03 bits per heavy atom. The Bertz CT molecular complexity index is 1410. The van der Waals surface area contributed by atoms with E-state index in [0.29, 0.717) is 34.9 Å². The van der Waals surface area contributed by atoms with Gasteiger partial charge >= 0.3 is 0 Å². The van der Waals surface area contributed by atoms with Crippen LogP contribution >= 0.6 is 0 Å². The fraction of sp³-hybridized carbons (Fsp3) is 0.567. The Kier molecular flexibility index (Phi) is 7.20. The lowest BCUT2D eigenvalue weighted by atomic mass is 9.75. The van der Waals surface area contributed by atoms with Crippen molar-refractivity contribution in [3.8, 4) is 0 Å². The third-order valence-electron chi connectivity index (χ3n) is 9.23. The van der Waals surface area contributed by atoms with Crippen molar-refractivity contribution in [2.75, 3.05) is 38.0 Å². The first kappa shape index (κ1) is 26.1. The van der Waals surface area contributed by atoms with E-state index in [2.05, 4.69) is 38.1 Å². The molecule has 0 unspecified atom stereocenters. The zero-order valence-electron chi connectivity index (χ0n) is 23.3. The van der Waals surface area contributed by atoms with Crippen LogP contribution < -0.4 is 10.9 Å². The Hall–Kier alpha value is -3.17. The smallest absolute Gasteiger partial charge is 0.263 e. The fourth-order valence-corrected chi connectivity index (χ4v) is 6.75. The number of aryl methyl sites for hydroxylation is 1. The van der Waals surface area contributed by atoms with Gasteiger partial charge in [-0.05, 0) is 69.2 Å². The number of likely N-dealkylation sites (N-methyl/N-ethyl adjacent to an activating group) is 1. The maximum Gasteiger partial charge on any atom is 0.263 e. The molecule has 0 amide bonds. The van der Waals surface area contributed by atoms with E-state index in [1.54, 1.807) is 10.8 Å². The average Bonchev–Trinajstić information content (AvgIpc) is 3.43. The summed E-state index contributed by atoms with van der Waals surface area (Å²) in [5.74, 6) is 1.43. The van der Waals surface area contributed by atoms with Gasteiger partial charge in [-0.1, -0.05) is 25.8 Å². The first-order chi connectivity index (χ1) is 18.9. The van der Waals surface area contributed by atoms with E-state index >= 15 is 0 Å². The molecule has 0 aromatic carbocycles. The number of Topliss-reactive ketones (excluding diaryl/α,β-unsaturated/α-hetero) is 1. The molecule has 4 heterocycles. The molecule has 9 nitrogen and oxygen atoms in total. The van der Waals surface area contributed by atoms with Crippen LogP contribution in [0.5, 0.6) is 0 Å². The monoisotopic (exact) mass is 529 g/mol. The Balaban J connectivity index is 1.18.